The highest BCUT2D eigenvalue weighted by Gasteiger charge is 2.14. The van der Waals surface area contributed by atoms with Crippen LogP contribution in [0.5, 0.6) is 0 Å². The molecule has 0 saturated carbocycles. The van der Waals surface area contributed by atoms with E-state index < -0.39 is 11.6 Å². The third-order valence-corrected chi connectivity index (χ3v) is 2.72. The fourth-order valence-corrected chi connectivity index (χ4v) is 1.51. The number of nitrogens with one attached hydrogen (secondary N) is 1. The Morgan fingerprint density at radius 3 is 2.72 bits per heavy atom. The zero-order valence-electron chi connectivity index (χ0n) is 9.34. The van der Waals surface area contributed by atoms with E-state index in [0.29, 0.717) is 5.56 Å². The van der Waals surface area contributed by atoms with E-state index in [1.54, 1.807) is 0 Å². The fraction of sp³-hybridized carbons (Fsp3) is 0.0909. The summed E-state index contributed by atoms with van der Waals surface area (Å²) in [6.45, 7) is 1.52. The summed E-state index contributed by atoms with van der Waals surface area (Å²) in [6, 6.07) is 2.49. The molecular weight excluding hydrogens is 262 g/mol. The van der Waals surface area contributed by atoms with E-state index in [1.807, 2.05) is 0 Å². The molecule has 0 fully saturated rings. The van der Waals surface area contributed by atoms with Gasteiger partial charge in [0, 0.05) is 0 Å². The second-order valence-electron chi connectivity index (χ2n) is 3.60. The quantitative estimate of drug-likeness (QED) is 0.880. The summed E-state index contributed by atoms with van der Waals surface area (Å²) < 4.78 is 27.3. The zero-order valence-corrected chi connectivity index (χ0v) is 10.1. The maximum atomic E-state index is 13.8. The minimum absolute atomic E-state index is 0.0119. The standard InChI is InChI=1S/C11H9ClF2N4/c1-5-2-3-6(13)9(8(5)14)18-11-7(12)10(15)16-4-17-11/h2-4H,1H3,(H3,15,16,17,18). The van der Waals surface area contributed by atoms with Crippen LogP contribution in [0.1, 0.15) is 5.56 Å². The van der Waals surface area contributed by atoms with Gasteiger partial charge in [0.2, 0.25) is 0 Å². The molecule has 0 bridgehead atoms. The molecule has 0 unspecified atom stereocenters. The fourth-order valence-electron chi connectivity index (χ4n) is 1.36. The van der Waals surface area contributed by atoms with Gasteiger partial charge in [0.1, 0.15) is 28.7 Å². The van der Waals surface area contributed by atoms with E-state index in [2.05, 4.69) is 15.3 Å². The summed E-state index contributed by atoms with van der Waals surface area (Å²) in [5, 5.41) is 2.49. The number of nitrogen functional groups attached to an aromatic ring is 1. The maximum Gasteiger partial charge on any atom is 0.154 e. The minimum Gasteiger partial charge on any atom is -0.382 e. The smallest absolute Gasteiger partial charge is 0.154 e. The lowest BCUT2D eigenvalue weighted by Crippen LogP contribution is -2.03. The number of nitrogens with zero attached hydrogens (tertiary/aromatic N) is 2. The largest absolute Gasteiger partial charge is 0.382 e. The molecule has 2 rings (SSSR count). The minimum atomic E-state index is -0.744. The normalized spacial score (nSPS) is 10.4. The van der Waals surface area contributed by atoms with Crippen molar-refractivity contribution in [1.82, 2.24) is 9.97 Å². The van der Waals surface area contributed by atoms with Gasteiger partial charge < -0.3 is 11.1 Å². The first-order valence-corrected chi connectivity index (χ1v) is 5.36. The van der Waals surface area contributed by atoms with Gasteiger partial charge in [-0.2, -0.15) is 0 Å². The van der Waals surface area contributed by atoms with Crippen molar-refractivity contribution in [3.05, 3.63) is 40.7 Å². The Labute approximate surface area is 107 Å². The Kier molecular flexibility index (Phi) is 3.29. The second-order valence-corrected chi connectivity index (χ2v) is 3.98. The molecule has 3 N–H and O–H groups in total. The van der Waals surface area contributed by atoms with Crippen molar-refractivity contribution in [2.75, 3.05) is 11.1 Å². The lowest BCUT2D eigenvalue weighted by molar-refractivity contribution is 0.584. The molecular formula is C11H9ClF2N4. The number of aromatic nitrogens is 2. The molecule has 0 amide bonds. The summed E-state index contributed by atoms with van der Waals surface area (Å²) >= 11 is 5.83. The molecule has 94 valence electrons. The van der Waals surface area contributed by atoms with E-state index in [0.717, 1.165) is 12.4 Å². The van der Waals surface area contributed by atoms with Crippen LogP contribution in [-0.2, 0) is 0 Å². The van der Waals surface area contributed by atoms with Gasteiger partial charge in [0.25, 0.3) is 0 Å². The van der Waals surface area contributed by atoms with E-state index in [-0.39, 0.29) is 22.3 Å². The monoisotopic (exact) mass is 270 g/mol. The van der Waals surface area contributed by atoms with E-state index >= 15 is 0 Å². The van der Waals surface area contributed by atoms with Gasteiger partial charge >= 0.3 is 0 Å². The van der Waals surface area contributed by atoms with Crippen molar-refractivity contribution >= 4 is 28.9 Å². The Bertz CT molecular complexity index is 604. The summed E-state index contributed by atoms with van der Waals surface area (Å²) in [6.07, 6.45) is 1.15. The van der Waals surface area contributed by atoms with Gasteiger partial charge in [0.15, 0.2) is 11.6 Å². The molecule has 0 aliphatic carbocycles. The van der Waals surface area contributed by atoms with Crippen LogP contribution >= 0.6 is 11.6 Å². The number of halogens is 3. The molecule has 18 heavy (non-hydrogen) atoms. The molecule has 0 radical (unpaired) electrons. The first-order chi connectivity index (χ1) is 8.50. The molecule has 0 aliphatic heterocycles. The summed E-state index contributed by atoms with van der Waals surface area (Å²) in [4.78, 5) is 7.43. The molecule has 7 heteroatoms. The number of hydrogen-bond donors (Lipinski definition) is 2. The Hall–Kier alpha value is -1.95. The van der Waals surface area contributed by atoms with Crippen LogP contribution in [0.4, 0.5) is 26.1 Å². The highest BCUT2D eigenvalue weighted by molar-refractivity contribution is 6.35. The third kappa shape index (κ3) is 2.19. The summed E-state index contributed by atoms with van der Waals surface area (Å²) in [5.74, 6) is -1.37. The lowest BCUT2D eigenvalue weighted by Gasteiger charge is -2.11. The zero-order chi connectivity index (χ0) is 13.3. The number of aryl methyl sites for hydroxylation is 1. The van der Waals surface area contributed by atoms with Gasteiger partial charge in [-0.25, -0.2) is 18.7 Å². The van der Waals surface area contributed by atoms with Gasteiger partial charge in [0.05, 0.1) is 0 Å². The SMILES string of the molecule is Cc1ccc(F)c(Nc2ncnc(N)c2Cl)c1F. The highest BCUT2D eigenvalue weighted by Crippen LogP contribution is 2.30. The third-order valence-electron chi connectivity index (χ3n) is 2.34. The molecule has 0 aliphatic rings. The Morgan fingerprint density at radius 2 is 2.00 bits per heavy atom. The van der Waals surface area contributed by atoms with Gasteiger partial charge in [-0.3, -0.25) is 0 Å². The van der Waals surface area contributed by atoms with Crippen molar-refractivity contribution in [1.29, 1.82) is 0 Å². The van der Waals surface area contributed by atoms with Gasteiger partial charge in [-0.1, -0.05) is 17.7 Å². The summed E-state index contributed by atoms with van der Waals surface area (Å²) in [5.41, 5.74) is 5.45. The Morgan fingerprint density at radius 1 is 1.28 bits per heavy atom. The predicted octanol–water partition coefficient (Wildman–Crippen LogP) is 3.04. The van der Waals surface area contributed by atoms with Gasteiger partial charge in [-0.15, -0.1) is 0 Å². The van der Waals surface area contributed by atoms with Crippen LogP contribution in [0.15, 0.2) is 18.5 Å². The lowest BCUT2D eigenvalue weighted by atomic mass is 10.2. The van der Waals surface area contributed by atoms with Gasteiger partial charge in [-0.05, 0) is 18.6 Å². The van der Waals surface area contributed by atoms with E-state index in [1.165, 1.54) is 13.0 Å². The average molecular weight is 271 g/mol. The van der Waals surface area contributed by atoms with Crippen molar-refractivity contribution in [3.8, 4) is 0 Å². The molecule has 0 saturated heterocycles. The van der Waals surface area contributed by atoms with Crippen LogP contribution in [0, 0.1) is 18.6 Å². The summed E-state index contributed by atoms with van der Waals surface area (Å²) in [7, 11) is 0. The van der Waals surface area contributed by atoms with Crippen LogP contribution in [-0.4, -0.2) is 9.97 Å². The molecule has 0 atom stereocenters. The molecule has 1 aromatic carbocycles. The number of anilines is 3. The van der Waals surface area contributed by atoms with Crippen molar-refractivity contribution in [3.63, 3.8) is 0 Å². The van der Waals surface area contributed by atoms with Crippen molar-refractivity contribution in [2.45, 2.75) is 6.92 Å². The highest BCUT2D eigenvalue weighted by atomic mass is 35.5. The predicted molar refractivity (Wildman–Crippen MR) is 65.8 cm³/mol. The first kappa shape index (κ1) is 12.5. The van der Waals surface area contributed by atoms with Crippen LogP contribution in [0.25, 0.3) is 0 Å². The topological polar surface area (TPSA) is 63.8 Å². The van der Waals surface area contributed by atoms with Crippen LogP contribution in [0.2, 0.25) is 5.02 Å². The average Bonchev–Trinajstić information content (AvgIpc) is 2.35. The maximum absolute atomic E-state index is 13.8. The number of benzene rings is 1. The van der Waals surface area contributed by atoms with Crippen LogP contribution < -0.4 is 11.1 Å². The van der Waals surface area contributed by atoms with E-state index in [4.69, 9.17) is 17.3 Å². The molecule has 0 spiro atoms. The number of hydrogen-bond acceptors (Lipinski definition) is 4. The molecule has 4 nitrogen and oxygen atoms in total. The molecule has 1 aromatic heterocycles. The second kappa shape index (κ2) is 4.73. The number of rotatable bonds is 2. The first-order valence-electron chi connectivity index (χ1n) is 4.98. The van der Waals surface area contributed by atoms with Crippen molar-refractivity contribution in [2.24, 2.45) is 0 Å². The van der Waals surface area contributed by atoms with Crippen LogP contribution in [0.3, 0.4) is 0 Å². The number of nitrogens with two attached hydrogens (primary N) is 1. The molecule has 1 heterocycles. The Balaban J connectivity index is 2.46. The van der Waals surface area contributed by atoms with E-state index in [9.17, 15) is 8.78 Å². The van der Waals surface area contributed by atoms with Crippen molar-refractivity contribution < 1.29 is 8.78 Å². The molecule has 2 aromatic rings.